The number of imidazole rings is 1. The van der Waals surface area contributed by atoms with Crippen LogP contribution in [0.25, 0.3) is 11.0 Å². The molecule has 2 rings (SSSR count). The number of aromatic amines is 2. The van der Waals surface area contributed by atoms with Crippen LogP contribution < -0.4 is 15.7 Å². The first kappa shape index (κ1) is 18.5. The number of aliphatic hydroxyl groups excluding tert-OH is 1. The van der Waals surface area contributed by atoms with Gasteiger partial charge in [0.05, 0.1) is 5.52 Å². The number of β-amino-alcohol motifs (C(OH)–C–C–N with tert-alkyl or cyclic N) is 1. The lowest BCUT2D eigenvalue weighted by Crippen LogP contribution is -2.42. The number of ether oxygens (including phenoxy) is 1. The molecule has 124 valence electrons. The molecule has 1 unspecified atom stereocenters. The zero-order valence-corrected chi connectivity index (χ0v) is 14.1. The number of aliphatic hydroxyl groups is 1. The lowest BCUT2D eigenvalue weighted by molar-refractivity contribution is 0.101. The number of fused-ring (bicyclic) bond motifs is 1. The molecule has 0 saturated carbocycles. The summed E-state index contributed by atoms with van der Waals surface area (Å²) in [4.78, 5) is 16.8. The van der Waals surface area contributed by atoms with Gasteiger partial charge in [-0.2, -0.15) is 0 Å². The van der Waals surface area contributed by atoms with Crippen LogP contribution in [0.5, 0.6) is 5.75 Å². The molecular weight excluding hydrogens is 306 g/mol. The molecule has 22 heavy (non-hydrogen) atoms. The fraction of sp³-hybridized carbons (Fsp3) is 0.533. The molecular formula is C15H24ClN3O3. The average molecular weight is 330 g/mol. The van der Waals surface area contributed by atoms with E-state index in [9.17, 15) is 9.90 Å². The summed E-state index contributed by atoms with van der Waals surface area (Å²) in [6.07, 6.45) is -0.620. The largest absolute Gasteiger partial charge is 0.489 e. The molecule has 0 aliphatic heterocycles. The van der Waals surface area contributed by atoms with Crippen molar-refractivity contribution in [3.8, 4) is 5.75 Å². The summed E-state index contributed by atoms with van der Waals surface area (Å²) < 4.78 is 5.66. The van der Waals surface area contributed by atoms with Crippen LogP contribution in [0, 0.1) is 6.92 Å². The molecule has 7 heteroatoms. The predicted molar refractivity (Wildman–Crippen MR) is 90.2 cm³/mol. The molecule has 0 radical (unpaired) electrons. The summed E-state index contributed by atoms with van der Waals surface area (Å²) in [6.45, 7) is 8.64. The van der Waals surface area contributed by atoms with Gasteiger partial charge in [0.1, 0.15) is 24.0 Å². The molecule has 2 aromatic rings. The number of hydrogen-bond donors (Lipinski definition) is 4. The minimum atomic E-state index is -0.620. The first-order valence-electron chi connectivity index (χ1n) is 7.03. The molecule has 0 amide bonds. The Morgan fingerprint density at radius 2 is 2.00 bits per heavy atom. The Bertz CT molecular complexity index is 673. The van der Waals surface area contributed by atoms with Crippen LogP contribution in [0.3, 0.4) is 0 Å². The number of halogens is 1. The fourth-order valence-electron chi connectivity index (χ4n) is 2.03. The Balaban J connectivity index is 0.00000242. The molecule has 1 aromatic carbocycles. The number of aromatic nitrogens is 2. The quantitative estimate of drug-likeness (QED) is 0.672. The second kappa shape index (κ2) is 7.17. The average Bonchev–Trinajstić information content (AvgIpc) is 2.72. The monoisotopic (exact) mass is 329 g/mol. The fourth-order valence-corrected chi connectivity index (χ4v) is 2.03. The number of H-pyrrole nitrogens is 2. The zero-order valence-electron chi connectivity index (χ0n) is 13.3. The van der Waals surface area contributed by atoms with E-state index in [0.29, 0.717) is 23.3 Å². The Hall–Kier alpha value is -1.50. The lowest BCUT2D eigenvalue weighted by atomic mass is 10.1. The third-order valence-electron chi connectivity index (χ3n) is 3.03. The van der Waals surface area contributed by atoms with E-state index in [1.54, 1.807) is 0 Å². The van der Waals surface area contributed by atoms with E-state index < -0.39 is 6.10 Å². The van der Waals surface area contributed by atoms with E-state index in [1.165, 1.54) is 0 Å². The topological polar surface area (TPSA) is 90.1 Å². The van der Waals surface area contributed by atoms with Crippen molar-refractivity contribution in [2.24, 2.45) is 0 Å². The molecule has 0 fully saturated rings. The van der Waals surface area contributed by atoms with Crippen molar-refractivity contribution in [1.29, 1.82) is 0 Å². The minimum absolute atomic E-state index is 0. The third kappa shape index (κ3) is 5.05. The van der Waals surface area contributed by atoms with Gasteiger partial charge in [0.2, 0.25) is 0 Å². The smallest absolute Gasteiger partial charge is 0.323 e. The van der Waals surface area contributed by atoms with E-state index in [2.05, 4.69) is 15.3 Å². The molecule has 0 saturated heterocycles. The van der Waals surface area contributed by atoms with E-state index in [-0.39, 0.29) is 30.2 Å². The van der Waals surface area contributed by atoms with Gasteiger partial charge in [0.25, 0.3) is 0 Å². The van der Waals surface area contributed by atoms with E-state index in [4.69, 9.17) is 4.74 Å². The molecule has 1 heterocycles. The van der Waals surface area contributed by atoms with Crippen molar-refractivity contribution < 1.29 is 9.84 Å². The van der Waals surface area contributed by atoms with Gasteiger partial charge in [-0.3, -0.25) is 0 Å². The number of rotatable bonds is 5. The predicted octanol–water partition coefficient (Wildman–Crippen LogP) is 1.71. The second-order valence-electron chi connectivity index (χ2n) is 6.36. The van der Waals surface area contributed by atoms with Crippen LogP contribution in [0.1, 0.15) is 26.3 Å². The summed E-state index contributed by atoms with van der Waals surface area (Å²) >= 11 is 0. The second-order valence-corrected chi connectivity index (χ2v) is 6.36. The standard InChI is InChI=1S/C15H23N3O3.ClH/c1-9-5-11-13(18-14(20)17-11)12(6-9)21-8-10(19)7-16-15(2,3)4;/h5-6,10,16,19H,7-8H2,1-4H3,(H2,17,18,20);1H. The zero-order chi connectivity index (χ0) is 15.6. The molecule has 0 aliphatic carbocycles. The molecule has 0 aliphatic rings. The highest BCUT2D eigenvalue weighted by atomic mass is 35.5. The van der Waals surface area contributed by atoms with Gasteiger partial charge < -0.3 is 25.1 Å². The van der Waals surface area contributed by atoms with E-state index in [1.807, 2.05) is 39.8 Å². The van der Waals surface area contributed by atoms with Crippen LogP contribution in [0.15, 0.2) is 16.9 Å². The van der Waals surface area contributed by atoms with E-state index in [0.717, 1.165) is 5.56 Å². The van der Waals surface area contributed by atoms with Crippen molar-refractivity contribution >= 4 is 23.4 Å². The van der Waals surface area contributed by atoms with Gasteiger partial charge in [0, 0.05) is 12.1 Å². The van der Waals surface area contributed by atoms with Crippen molar-refractivity contribution in [2.75, 3.05) is 13.2 Å². The molecule has 6 nitrogen and oxygen atoms in total. The van der Waals surface area contributed by atoms with Gasteiger partial charge >= 0.3 is 5.69 Å². The molecule has 4 N–H and O–H groups in total. The van der Waals surface area contributed by atoms with Gasteiger partial charge in [-0.1, -0.05) is 0 Å². The highest BCUT2D eigenvalue weighted by molar-refractivity contribution is 5.85. The third-order valence-corrected chi connectivity index (χ3v) is 3.03. The number of aryl methyl sites for hydroxylation is 1. The SMILES string of the molecule is Cc1cc(OCC(O)CNC(C)(C)C)c2[nH]c(=O)[nH]c2c1.Cl. The van der Waals surface area contributed by atoms with Crippen LogP contribution in [0.2, 0.25) is 0 Å². The summed E-state index contributed by atoms with van der Waals surface area (Å²) in [6, 6.07) is 3.72. The summed E-state index contributed by atoms with van der Waals surface area (Å²) in [5.41, 5.74) is 1.99. The number of hydrogen-bond acceptors (Lipinski definition) is 4. The first-order valence-corrected chi connectivity index (χ1v) is 7.03. The molecule has 0 bridgehead atoms. The Kier molecular flexibility index (Phi) is 6.05. The molecule has 0 spiro atoms. The summed E-state index contributed by atoms with van der Waals surface area (Å²) in [5, 5.41) is 13.2. The summed E-state index contributed by atoms with van der Waals surface area (Å²) in [5.74, 6) is 0.568. The molecule has 1 atom stereocenters. The van der Waals surface area contributed by atoms with Gasteiger partial charge in [-0.15, -0.1) is 12.4 Å². The molecule has 1 aromatic heterocycles. The van der Waals surface area contributed by atoms with Gasteiger partial charge in [-0.25, -0.2) is 4.79 Å². The van der Waals surface area contributed by atoms with Crippen LogP contribution in [-0.2, 0) is 0 Å². The van der Waals surface area contributed by atoms with Crippen LogP contribution >= 0.6 is 12.4 Å². The highest BCUT2D eigenvalue weighted by Crippen LogP contribution is 2.23. The minimum Gasteiger partial charge on any atom is -0.489 e. The normalized spacial score (nSPS) is 13.0. The van der Waals surface area contributed by atoms with Crippen LogP contribution in [-0.4, -0.2) is 39.9 Å². The summed E-state index contributed by atoms with van der Waals surface area (Å²) in [7, 11) is 0. The maximum atomic E-state index is 11.4. The first-order chi connectivity index (χ1) is 9.74. The maximum Gasteiger partial charge on any atom is 0.323 e. The van der Waals surface area contributed by atoms with Crippen molar-refractivity contribution in [2.45, 2.75) is 39.3 Å². The van der Waals surface area contributed by atoms with Crippen molar-refractivity contribution in [1.82, 2.24) is 15.3 Å². The lowest BCUT2D eigenvalue weighted by Gasteiger charge is -2.23. The Morgan fingerprint density at radius 3 is 2.64 bits per heavy atom. The number of benzene rings is 1. The Labute approximate surface area is 135 Å². The maximum absolute atomic E-state index is 11.4. The van der Waals surface area contributed by atoms with Gasteiger partial charge in [-0.05, 0) is 45.4 Å². The van der Waals surface area contributed by atoms with E-state index >= 15 is 0 Å². The van der Waals surface area contributed by atoms with Crippen LogP contribution in [0.4, 0.5) is 0 Å². The number of nitrogens with one attached hydrogen (secondary N) is 3. The van der Waals surface area contributed by atoms with Crippen molar-refractivity contribution in [3.05, 3.63) is 28.2 Å². The van der Waals surface area contributed by atoms with Gasteiger partial charge in [0.15, 0.2) is 0 Å². The Morgan fingerprint density at radius 1 is 1.32 bits per heavy atom. The highest BCUT2D eigenvalue weighted by Gasteiger charge is 2.14. The van der Waals surface area contributed by atoms with Crippen molar-refractivity contribution in [3.63, 3.8) is 0 Å².